The van der Waals surface area contributed by atoms with Crippen LogP contribution < -0.4 is 0 Å². The average Bonchev–Trinajstić information content (AvgIpc) is 2.57. The number of hydrogen-bond acceptors (Lipinski definition) is 3. The van der Waals surface area contributed by atoms with Gasteiger partial charge >= 0.3 is 5.97 Å². The third-order valence-electron chi connectivity index (χ3n) is 5.41. The molecule has 4 heteroatoms. The van der Waals surface area contributed by atoms with E-state index in [0.717, 1.165) is 51.4 Å². The van der Waals surface area contributed by atoms with E-state index in [0.29, 0.717) is 18.8 Å². The lowest BCUT2D eigenvalue weighted by Gasteiger charge is -2.36. The van der Waals surface area contributed by atoms with Gasteiger partial charge in [0.1, 0.15) is 0 Å². The first-order valence-electron chi connectivity index (χ1n) is 9.63. The van der Waals surface area contributed by atoms with Crippen LogP contribution in [0.2, 0.25) is 0 Å². The van der Waals surface area contributed by atoms with Crippen LogP contribution >= 0.6 is 0 Å². The van der Waals surface area contributed by atoms with Crippen LogP contribution in [0.4, 0.5) is 0 Å². The van der Waals surface area contributed by atoms with E-state index >= 15 is 0 Å². The maximum Gasteiger partial charge on any atom is 0.306 e. The Morgan fingerprint density at radius 3 is 2.68 bits per heavy atom. The maximum atomic E-state index is 10.9. The van der Waals surface area contributed by atoms with Gasteiger partial charge in [0.05, 0.1) is 18.1 Å². The molecule has 25 heavy (non-hydrogen) atoms. The molecule has 0 spiro atoms. The van der Waals surface area contributed by atoms with E-state index in [4.69, 9.17) is 5.11 Å². The first-order valence-corrected chi connectivity index (χ1v) is 9.63. The largest absolute Gasteiger partial charge is 0.481 e. The van der Waals surface area contributed by atoms with Crippen molar-refractivity contribution >= 4 is 5.97 Å². The molecule has 1 aromatic carbocycles. The van der Waals surface area contributed by atoms with Crippen molar-refractivity contribution in [3.05, 3.63) is 35.9 Å². The second kappa shape index (κ2) is 9.93. The van der Waals surface area contributed by atoms with E-state index in [2.05, 4.69) is 24.3 Å². The van der Waals surface area contributed by atoms with E-state index in [-0.39, 0.29) is 12.5 Å². The summed E-state index contributed by atoms with van der Waals surface area (Å²) < 4.78 is 0. The number of rotatable bonds is 10. The lowest BCUT2D eigenvalue weighted by molar-refractivity contribution is -0.144. The van der Waals surface area contributed by atoms with Crippen LogP contribution in [-0.4, -0.2) is 33.0 Å². The quantitative estimate of drug-likeness (QED) is 0.560. The van der Waals surface area contributed by atoms with Crippen molar-refractivity contribution < 1.29 is 20.1 Å². The third kappa shape index (κ3) is 7.57. The molecule has 1 aliphatic carbocycles. The van der Waals surface area contributed by atoms with Crippen molar-refractivity contribution in [1.82, 2.24) is 0 Å². The van der Waals surface area contributed by atoms with E-state index < -0.39 is 11.6 Å². The summed E-state index contributed by atoms with van der Waals surface area (Å²) in [5.74, 6) is -0.598. The molecule has 0 aliphatic heterocycles. The number of carboxylic acids is 1. The standard InChI is InChI=1S/C21H32O4/c22-19(11-5-4-9-17-7-2-1-3-8-17)13-12-18-10-6-14-21(25,15-18)16-20(23)24/h1-3,7-8,18-19,22,25H,4-6,9-16H2,(H,23,24)/t18-,19+,21-/m1/s1. The molecule has 3 atom stereocenters. The van der Waals surface area contributed by atoms with Crippen LogP contribution in [0.15, 0.2) is 30.3 Å². The highest BCUT2D eigenvalue weighted by atomic mass is 16.4. The number of aliphatic hydroxyl groups excluding tert-OH is 1. The molecule has 2 rings (SSSR count). The molecule has 0 heterocycles. The predicted molar refractivity (Wildman–Crippen MR) is 98.4 cm³/mol. The topological polar surface area (TPSA) is 77.8 Å². The van der Waals surface area contributed by atoms with Crippen molar-refractivity contribution in [3.8, 4) is 0 Å². The lowest BCUT2D eigenvalue weighted by Crippen LogP contribution is -2.37. The van der Waals surface area contributed by atoms with Crippen LogP contribution in [0.3, 0.4) is 0 Å². The van der Waals surface area contributed by atoms with Crippen molar-refractivity contribution in [2.24, 2.45) is 5.92 Å². The first-order chi connectivity index (χ1) is 12.0. The molecule has 3 N–H and O–H groups in total. The first kappa shape index (κ1) is 19.9. The Bertz CT molecular complexity index is 516. The highest BCUT2D eigenvalue weighted by Crippen LogP contribution is 2.37. The van der Waals surface area contributed by atoms with Gasteiger partial charge in [-0.1, -0.05) is 49.6 Å². The number of carbonyl (C=O) groups is 1. The molecule has 0 saturated heterocycles. The van der Waals surface area contributed by atoms with Crippen molar-refractivity contribution in [2.75, 3.05) is 0 Å². The molecule has 1 fully saturated rings. The van der Waals surface area contributed by atoms with E-state index in [1.165, 1.54) is 5.56 Å². The van der Waals surface area contributed by atoms with Gasteiger partial charge in [0, 0.05) is 0 Å². The second-order valence-corrected chi connectivity index (χ2v) is 7.72. The van der Waals surface area contributed by atoms with Crippen LogP contribution in [0, 0.1) is 5.92 Å². The minimum Gasteiger partial charge on any atom is -0.481 e. The van der Waals surface area contributed by atoms with Gasteiger partial charge in [-0.25, -0.2) is 0 Å². The Kier molecular flexibility index (Phi) is 7.91. The fourth-order valence-corrected chi connectivity index (χ4v) is 4.08. The van der Waals surface area contributed by atoms with Gasteiger partial charge in [0.25, 0.3) is 0 Å². The molecule has 0 bridgehead atoms. The summed E-state index contributed by atoms with van der Waals surface area (Å²) >= 11 is 0. The number of aryl methyl sites for hydroxylation is 1. The Balaban J connectivity index is 1.61. The maximum absolute atomic E-state index is 10.9. The summed E-state index contributed by atoms with van der Waals surface area (Å²) in [6.45, 7) is 0. The highest BCUT2D eigenvalue weighted by molar-refractivity contribution is 5.68. The highest BCUT2D eigenvalue weighted by Gasteiger charge is 2.36. The Hall–Kier alpha value is -1.39. The van der Waals surface area contributed by atoms with Gasteiger partial charge in [0.2, 0.25) is 0 Å². The normalized spacial score (nSPS) is 24.8. The lowest BCUT2D eigenvalue weighted by atomic mass is 9.74. The van der Waals surface area contributed by atoms with Crippen LogP contribution in [-0.2, 0) is 11.2 Å². The molecule has 0 aromatic heterocycles. The molecule has 1 aliphatic rings. The third-order valence-corrected chi connectivity index (χ3v) is 5.41. The monoisotopic (exact) mass is 348 g/mol. The van der Waals surface area contributed by atoms with Gasteiger partial charge in [-0.15, -0.1) is 0 Å². The SMILES string of the molecule is O=C(O)C[C@@]1(O)CCC[C@H](CC[C@@H](O)CCCCc2ccccc2)C1. The molecule has 1 aromatic rings. The minimum absolute atomic E-state index is 0.161. The fraction of sp³-hybridized carbons (Fsp3) is 0.667. The summed E-state index contributed by atoms with van der Waals surface area (Å²) in [6, 6.07) is 10.4. The number of benzene rings is 1. The van der Waals surface area contributed by atoms with Crippen LogP contribution in [0.1, 0.15) is 69.8 Å². The van der Waals surface area contributed by atoms with Gasteiger partial charge in [-0.05, 0) is 56.4 Å². The molecular weight excluding hydrogens is 316 g/mol. The number of unbranched alkanes of at least 4 members (excludes halogenated alkanes) is 1. The molecule has 1 saturated carbocycles. The Morgan fingerprint density at radius 2 is 1.96 bits per heavy atom. The van der Waals surface area contributed by atoms with Crippen molar-refractivity contribution in [2.45, 2.75) is 82.3 Å². The zero-order chi connectivity index (χ0) is 18.1. The summed E-state index contributed by atoms with van der Waals surface area (Å²) in [5.41, 5.74) is 0.298. The van der Waals surface area contributed by atoms with Gasteiger partial charge < -0.3 is 15.3 Å². The van der Waals surface area contributed by atoms with Gasteiger partial charge in [-0.3, -0.25) is 4.79 Å². The van der Waals surface area contributed by atoms with Gasteiger partial charge in [-0.2, -0.15) is 0 Å². The Labute approximate surface area is 150 Å². The molecule has 4 nitrogen and oxygen atoms in total. The number of hydrogen-bond donors (Lipinski definition) is 3. The second-order valence-electron chi connectivity index (χ2n) is 7.72. The molecule has 0 unspecified atom stereocenters. The molecule has 0 radical (unpaired) electrons. The number of carboxylic acid groups (broad SMARTS) is 1. The Morgan fingerprint density at radius 1 is 1.20 bits per heavy atom. The number of aliphatic carboxylic acids is 1. The minimum atomic E-state index is -1.05. The molecule has 140 valence electrons. The summed E-state index contributed by atoms with van der Waals surface area (Å²) in [5, 5.41) is 29.5. The summed E-state index contributed by atoms with van der Waals surface area (Å²) in [6.07, 6.45) is 8.20. The van der Waals surface area contributed by atoms with E-state index in [1.54, 1.807) is 0 Å². The van der Waals surface area contributed by atoms with E-state index in [9.17, 15) is 15.0 Å². The zero-order valence-corrected chi connectivity index (χ0v) is 15.1. The van der Waals surface area contributed by atoms with Crippen molar-refractivity contribution in [1.29, 1.82) is 0 Å². The van der Waals surface area contributed by atoms with Gasteiger partial charge in [0.15, 0.2) is 0 Å². The fourth-order valence-electron chi connectivity index (χ4n) is 4.08. The van der Waals surface area contributed by atoms with Crippen LogP contribution in [0.5, 0.6) is 0 Å². The zero-order valence-electron chi connectivity index (χ0n) is 15.1. The van der Waals surface area contributed by atoms with Crippen LogP contribution in [0.25, 0.3) is 0 Å². The summed E-state index contributed by atoms with van der Waals surface area (Å²) in [7, 11) is 0. The number of aliphatic hydroxyl groups is 2. The average molecular weight is 348 g/mol. The summed E-state index contributed by atoms with van der Waals surface area (Å²) in [4.78, 5) is 10.9. The molecule has 0 amide bonds. The predicted octanol–water partition coefficient (Wildman–Crippen LogP) is 3.94. The van der Waals surface area contributed by atoms with E-state index in [1.807, 2.05) is 6.07 Å². The molecular formula is C21H32O4. The van der Waals surface area contributed by atoms with Crippen molar-refractivity contribution in [3.63, 3.8) is 0 Å². The smallest absolute Gasteiger partial charge is 0.306 e.